The van der Waals surface area contributed by atoms with Crippen LogP contribution in [0.3, 0.4) is 0 Å². The third-order valence-corrected chi connectivity index (χ3v) is 5.02. The molecular weight excluding hydrogens is 462 g/mol. The molecule has 2 rings (SSSR count). The molecule has 0 aliphatic heterocycles. The quantitative estimate of drug-likeness (QED) is 0.391. The van der Waals surface area contributed by atoms with Gasteiger partial charge in [0.15, 0.2) is 0 Å². The van der Waals surface area contributed by atoms with Gasteiger partial charge in [0.1, 0.15) is 5.75 Å². The van der Waals surface area contributed by atoms with Gasteiger partial charge in [-0.25, -0.2) is 0 Å². The van der Waals surface area contributed by atoms with Crippen molar-refractivity contribution in [2.45, 2.75) is 5.38 Å². The molecule has 19 heavy (non-hydrogen) atoms. The molecule has 0 fully saturated rings. The van der Waals surface area contributed by atoms with Crippen molar-refractivity contribution in [3.8, 4) is 5.75 Å². The topological polar surface area (TPSA) is 9.23 Å². The summed E-state index contributed by atoms with van der Waals surface area (Å²) in [4.78, 5) is 0. The van der Waals surface area contributed by atoms with E-state index in [1.54, 1.807) is 7.11 Å². The van der Waals surface area contributed by atoms with E-state index in [0.29, 0.717) is 5.02 Å². The van der Waals surface area contributed by atoms with Crippen LogP contribution in [-0.4, -0.2) is 7.11 Å². The summed E-state index contributed by atoms with van der Waals surface area (Å²) in [5, 5.41) is 0.446. The van der Waals surface area contributed by atoms with E-state index in [1.807, 2.05) is 36.4 Å². The van der Waals surface area contributed by atoms with Crippen molar-refractivity contribution in [1.82, 2.24) is 0 Å². The molecule has 0 saturated heterocycles. The minimum absolute atomic E-state index is 0.243. The molecule has 1 unspecified atom stereocenters. The summed E-state index contributed by atoms with van der Waals surface area (Å²) in [6.45, 7) is 0. The zero-order valence-corrected chi connectivity index (χ0v) is 15.2. The van der Waals surface area contributed by atoms with Gasteiger partial charge in [-0.05, 0) is 80.0 Å². The first-order valence-corrected chi connectivity index (χ1v) is 8.14. The summed E-state index contributed by atoms with van der Waals surface area (Å²) >= 11 is 18.3. The Morgan fingerprint density at radius 3 is 2.58 bits per heavy atom. The molecule has 2 aromatic rings. The molecule has 0 saturated carbocycles. The second-order valence-corrected chi connectivity index (χ2v) is 6.81. The largest absolute Gasteiger partial charge is 0.496 e. The van der Waals surface area contributed by atoms with E-state index in [9.17, 15) is 0 Å². The Morgan fingerprint density at radius 2 is 1.95 bits per heavy atom. The lowest BCUT2D eigenvalue weighted by Gasteiger charge is -2.14. The molecule has 0 aliphatic rings. The molecule has 5 heteroatoms. The molecule has 0 bridgehead atoms. The number of hydrogen-bond acceptors (Lipinski definition) is 1. The summed E-state index contributed by atoms with van der Waals surface area (Å²) in [6.07, 6.45) is 0. The van der Waals surface area contributed by atoms with E-state index in [0.717, 1.165) is 24.9 Å². The van der Waals surface area contributed by atoms with Crippen molar-refractivity contribution in [2.24, 2.45) is 0 Å². The molecule has 0 aliphatic carbocycles. The summed E-state index contributed by atoms with van der Waals surface area (Å²) in [5.41, 5.74) is 2.00. The first-order valence-electron chi connectivity index (χ1n) is 5.45. The molecule has 0 amide bonds. The van der Waals surface area contributed by atoms with Crippen LogP contribution in [-0.2, 0) is 0 Å². The molecule has 1 nitrogen and oxygen atoms in total. The van der Waals surface area contributed by atoms with Crippen molar-refractivity contribution < 1.29 is 4.74 Å². The van der Waals surface area contributed by atoms with Gasteiger partial charge >= 0.3 is 0 Å². The van der Waals surface area contributed by atoms with E-state index in [2.05, 4.69) is 38.5 Å². The fraction of sp³-hybridized carbons (Fsp3) is 0.143. The van der Waals surface area contributed by atoms with Crippen LogP contribution >= 0.6 is 61.7 Å². The number of halogens is 4. The Labute approximate surface area is 144 Å². The zero-order valence-electron chi connectivity index (χ0n) is 9.96. The molecular formula is C14H10BrCl2IO. The minimum atomic E-state index is -0.243. The van der Waals surface area contributed by atoms with Crippen molar-refractivity contribution in [1.29, 1.82) is 0 Å². The third kappa shape index (κ3) is 3.57. The lowest BCUT2D eigenvalue weighted by Crippen LogP contribution is -1.97. The van der Waals surface area contributed by atoms with Gasteiger partial charge in [-0.3, -0.25) is 0 Å². The maximum Gasteiger partial charge on any atom is 0.133 e. The second-order valence-electron chi connectivity index (χ2n) is 3.92. The molecule has 0 heterocycles. The molecule has 0 spiro atoms. The predicted molar refractivity (Wildman–Crippen MR) is 92.6 cm³/mol. The summed E-state index contributed by atoms with van der Waals surface area (Å²) in [7, 11) is 1.64. The molecule has 1 atom stereocenters. The Hall–Kier alpha value is 0.0300. The van der Waals surface area contributed by atoms with Crippen LogP contribution in [0.1, 0.15) is 16.5 Å². The Balaban J connectivity index is 2.41. The monoisotopic (exact) mass is 470 g/mol. The maximum absolute atomic E-state index is 6.55. The van der Waals surface area contributed by atoms with E-state index in [4.69, 9.17) is 27.9 Å². The van der Waals surface area contributed by atoms with Gasteiger partial charge in [0.25, 0.3) is 0 Å². The summed E-state index contributed by atoms with van der Waals surface area (Å²) in [5.74, 6) is 0.786. The van der Waals surface area contributed by atoms with Crippen molar-refractivity contribution in [3.63, 3.8) is 0 Å². The Bertz CT molecular complexity index is 604. The number of benzene rings is 2. The maximum atomic E-state index is 6.55. The van der Waals surface area contributed by atoms with Gasteiger partial charge in [-0.15, -0.1) is 11.6 Å². The summed E-state index contributed by atoms with van der Waals surface area (Å²) in [6, 6.07) is 11.5. The molecule has 0 radical (unpaired) electrons. The zero-order chi connectivity index (χ0) is 14.0. The highest BCUT2D eigenvalue weighted by molar-refractivity contribution is 14.1. The number of methoxy groups -OCH3 is 1. The lowest BCUT2D eigenvalue weighted by molar-refractivity contribution is 0.412. The van der Waals surface area contributed by atoms with Crippen LogP contribution < -0.4 is 4.74 Å². The van der Waals surface area contributed by atoms with Crippen molar-refractivity contribution >= 4 is 61.7 Å². The fourth-order valence-corrected chi connectivity index (χ4v) is 3.61. The summed E-state index contributed by atoms with van der Waals surface area (Å²) < 4.78 is 7.19. The fourth-order valence-electron chi connectivity index (χ4n) is 1.73. The van der Waals surface area contributed by atoms with Crippen molar-refractivity contribution in [3.05, 3.63) is 60.6 Å². The SMILES string of the molecule is COc1ccc(C(Cl)c2cc(Cl)ccc2I)cc1Br. The minimum Gasteiger partial charge on any atom is -0.496 e. The first-order chi connectivity index (χ1) is 9.02. The van der Waals surface area contributed by atoms with Crippen LogP contribution in [0.15, 0.2) is 40.9 Å². The Kier molecular flexibility index (Phi) is 5.40. The van der Waals surface area contributed by atoms with Gasteiger partial charge in [-0.1, -0.05) is 17.7 Å². The Morgan fingerprint density at radius 1 is 1.21 bits per heavy atom. The highest BCUT2D eigenvalue weighted by Crippen LogP contribution is 2.36. The van der Waals surface area contributed by atoms with Gasteiger partial charge in [0.05, 0.1) is 17.0 Å². The van der Waals surface area contributed by atoms with E-state index in [-0.39, 0.29) is 5.38 Å². The molecule has 100 valence electrons. The lowest BCUT2D eigenvalue weighted by atomic mass is 10.0. The van der Waals surface area contributed by atoms with Crippen LogP contribution in [0, 0.1) is 3.57 Å². The van der Waals surface area contributed by atoms with Gasteiger partial charge in [-0.2, -0.15) is 0 Å². The van der Waals surface area contributed by atoms with Gasteiger partial charge in [0, 0.05) is 8.59 Å². The molecule has 0 N–H and O–H groups in total. The predicted octanol–water partition coefficient (Wildman–Crippen LogP) is 6.04. The van der Waals surface area contributed by atoms with E-state index < -0.39 is 0 Å². The number of alkyl halides is 1. The highest BCUT2D eigenvalue weighted by Gasteiger charge is 2.16. The molecule has 2 aromatic carbocycles. The molecule has 0 aromatic heterocycles. The highest BCUT2D eigenvalue weighted by atomic mass is 127. The van der Waals surface area contributed by atoms with Crippen molar-refractivity contribution in [2.75, 3.05) is 7.11 Å². The van der Waals surface area contributed by atoms with Crippen LogP contribution in [0.2, 0.25) is 5.02 Å². The average molecular weight is 472 g/mol. The third-order valence-electron chi connectivity index (χ3n) is 2.70. The smallest absolute Gasteiger partial charge is 0.133 e. The van der Waals surface area contributed by atoms with Gasteiger partial charge < -0.3 is 4.74 Å². The van der Waals surface area contributed by atoms with Crippen LogP contribution in [0.5, 0.6) is 5.75 Å². The van der Waals surface area contributed by atoms with Crippen LogP contribution in [0.25, 0.3) is 0 Å². The van der Waals surface area contributed by atoms with Crippen LogP contribution in [0.4, 0.5) is 0 Å². The second kappa shape index (κ2) is 6.66. The number of ether oxygens (including phenoxy) is 1. The standard InChI is InChI=1S/C14H10BrCl2IO/c1-19-13-5-2-8(6-11(13)15)14(17)10-7-9(16)3-4-12(10)18/h2-7,14H,1H3. The number of hydrogen-bond donors (Lipinski definition) is 0. The van der Waals surface area contributed by atoms with E-state index in [1.165, 1.54) is 0 Å². The number of rotatable bonds is 3. The van der Waals surface area contributed by atoms with Gasteiger partial charge in [0.2, 0.25) is 0 Å². The van der Waals surface area contributed by atoms with E-state index >= 15 is 0 Å². The first kappa shape index (κ1) is 15.4. The average Bonchev–Trinajstić information content (AvgIpc) is 2.40. The normalized spacial score (nSPS) is 12.3.